The van der Waals surface area contributed by atoms with Crippen LogP contribution in [0.1, 0.15) is 406 Å². The first-order valence-corrected chi connectivity index (χ1v) is 40.1. The highest BCUT2D eigenvalue weighted by Crippen LogP contribution is 2.43. The number of carbonyl (C=O) groups excluding carboxylic acids is 2. The smallest absolute Gasteiger partial charge is 0.462 e. The Balaban J connectivity index is 3.76. The van der Waals surface area contributed by atoms with Gasteiger partial charge in [-0.3, -0.25) is 18.6 Å². The molecule has 0 saturated carbocycles. The van der Waals surface area contributed by atoms with Crippen molar-refractivity contribution >= 4 is 19.8 Å². The van der Waals surface area contributed by atoms with Crippen LogP contribution in [0, 0.1) is 0 Å². The van der Waals surface area contributed by atoms with E-state index in [1.54, 1.807) is 0 Å². The van der Waals surface area contributed by atoms with Crippen LogP contribution in [-0.2, 0) is 32.7 Å². The van der Waals surface area contributed by atoms with Crippen LogP contribution < -0.4 is 5.73 Å². The molecule has 0 aliphatic rings. The van der Waals surface area contributed by atoms with Gasteiger partial charge in [0.2, 0.25) is 0 Å². The first-order valence-electron chi connectivity index (χ1n) is 38.6. The van der Waals surface area contributed by atoms with E-state index in [9.17, 15) is 19.0 Å². The van der Waals surface area contributed by atoms with Gasteiger partial charge in [-0.1, -0.05) is 390 Å². The van der Waals surface area contributed by atoms with Gasteiger partial charge >= 0.3 is 19.8 Å². The van der Waals surface area contributed by atoms with Crippen molar-refractivity contribution in [3.05, 3.63) is 48.6 Å². The number of allylic oxidation sites excluding steroid dienone is 8. The van der Waals surface area contributed by atoms with E-state index >= 15 is 0 Å². The molecule has 0 aliphatic carbocycles. The fraction of sp³-hybridized carbons (Fsp3) is 0.872. The van der Waals surface area contributed by atoms with E-state index in [-0.39, 0.29) is 38.6 Å². The molecule has 2 atom stereocenters. The molecule has 0 bridgehead atoms. The maximum atomic E-state index is 12.8. The Hall–Kier alpha value is -2.03. The number of unbranched alkanes of at least 4 members (excludes halogenated alkanes) is 53. The highest BCUT2D eigenvalue weighted by Gasteiger charge is 2.26. The molecule has 0 aromatic heterocycles. The Morgan fingerprint density at radius 1 is 0.352 bits per heavy atom. The van der Waals surface area contributed by atoms with E-state index in [0.29, 0.717) is 6.42 Å². The summed E-state index contributed by atoms with van der Waals surface area (Å²) in [6.45, 7) is 3.72. The molecule has 88 heavy (non-hydrogen) atoms. The van der Waals surface area contributed by atoms with E-state index in [2.05, 4.69) is 62.5 Å². The minimum Gasteiger partial charge on any atom is -0.462 e. The minimum absolute atomic E-state index is 0.0563. The largest absolute Gasteiger partial charge is 0.472 e. The van der Waals surface area contributed by atoms with Crippen LogP contribution in [0.4, 0.5) is 0 Å². The van der Waals surface area contributed by atoms with Gasteiger partial charge in [0.1, 0.15) is 6.61 Å². The summed E-state index contributed by atoms with van der Waals surface area (Å²) in [5.41, 5.74) is 5.41. The molecule has 0 spiro atoms. The van der Waals surface area contributed by atoms with Crippen LogP contribution in [0.5, 0.6) is 0 Å². The van der Waals surface area contributed by atoms with Gasteiger partial charge in [0.05, 0.1) is 13.2 Å². The minimum atomic E-state index is -4.39. The van der Waals surface area contributed by atoms with Crippen LogP contribution in [-0.4, -0.2) is 49.3 Å². The van der Waals surface area contributed by atoms with Gasteiger partial charge in [0.15, 0.2) is 6.10 Å². The highest BCUT2D eigenvalue weighted by molar-refractivity contribution is 7.47. The second kappa shape index (κ2) is 74.0. The molecule has 0 saturated heterocycles. The number of phosphoric acid groups is 1. The first kappa shape index (κ1) is 86.0. The summed E-state index contributed by atoms with van der Waals surface area (Å²) < 4.78 is 33.3. The number of carbonyl (C=O) groups is 2. The zero-order valence-electron chi connectivity index (χ0n) is 58.5. The number of phosphoric ester groups is 1. The van der Waals surface area contributed by atoms with Gasteiger partial charge in [0.25, 0.3) is 0 Å². The van der Waals surface area contributed by atoms with Crippen LogP contribution in [0.15, 0.2) is 48.6 Å². The lowest BCUT2D eigenvalue weighted by Crippen LogP contribution is -2.29. The third-order valence-corrected chi connectivity index (χ3v) is 18.5. The van der Waals surface area contributed by atoms with Crippen molar-refractivity contribution in [3.63, 3.8) is 0 Å². The Labute approximate surface area is 547 Å². The van der Waals surface area contributed by atoms with Crippen molar-refractivity contribution in [1.82, 2.24) is 0 Å². The average Bonchev–Trinajstić information content (AvgIpc) is 3.62. The molecule has 518 valence electrons. The maximum absolute atomic E-state index is 12.8. The fourth-order valence-corrected chi connectivity index (χ4v) is 12.6. The van der Waals surface area contributed by atoms with Gasteiger partial charge in [-0.25, -0.2) is 4.57 Å². The van der Waals surface area contributed by atoms with E-state index in [0.717, 1.165) is 57.8 Å². The summed E-state index contributed by atoms with van der Waals surface area (Å²) in [6.07, 6.45) is 95.3. The summed E-state index contributed by atoms with van der Waals surface area (Å²) in [6, 6.07) is 0. The number of hydrogen-bond acceptors (Lipinski definition) is 8. The summed E-state index contributed by atoms with van der Waals surface area (Å²) in [5.74, 6) is -0.801. The van der Waals surface area contributed by atoms with E-state index in [1.807, 2.05) is 0 Å². The number of rotatable bonds is 74. The Kier molecular flexibility index (Phi) is 72.3. The second-order valence-electron chi connectivity index (χ2n) is 26.2. The third kappa shape index (κ3) is 73.0. The molecular weight excluding hydrogens is 1110 g/mol. The normalized spacial score (nSPS) is 13.1. The Morgan fingerprint density at radius 2 is 0.625 bits per heavy atom. The van der Waals surface area contributed by atoms with Crippen molar-refractivity contribution in [2.75, 3.05) is 26.4 Å². The highest BCUT2D eigenvalue weighted by atomic mass is 31.2. The predicted octanol–water partition coefficient (Wildman–Crippen LogP) is 25.6. The molecule has 0 aliphatic heterocycles. The molecule has 0 radical (unpaired) electrons. The molecule has 0 amide bonds. The fourth-order valence-electron chi connectivity index (χ4n) is 11.8. The van der Waals surface area contributed by atoms with Crippen LogP contribution >= 0.6 is 7.82 Å². The summed E-state index contributed by atoms with van der Waals surface area (Å²) in [5, 5.41) is 0. The number of ether oxygens (including phenoxy) is 2. The van der Waals surface area contributed by atoms with Crippen molar-refractivity contribution in [3.8, 4) is 0 Å². The van der Waals surface area contributed by atoms with Crippen molar-refractivity contribution in [2.45, 2.75) is 412 Å². The second-order valence-corrected chi connectivity index (χ2v) is 27.7. The topological polar surface area (TPSA) is 134 Å². The lowest BCUT2D eigenvalue weighted by Gasteiger charge is -2.19. The molecule has 9 nitrogen and oxygen atoms in total. The van der Waals surface area contributed by atoms with Crippen LogP contribution in [0.25, 0.3) is 0 Å². The van der Waals surface area contributed by atoms with Crippen LogP contribution in [0.3, 0.4) is 0 Å². The predicted molar refractivity (Wildman–Crippen MR) is 381 cm³/mol. The monoisotopic (exact) mass is 1260 g/mol. The van der Waals surface area contributed by atoms with Gasteiger partial charge in [-0.15, -0.1) is 0 Å². The standard InChI is InChI=1S/C78H148NO8P/c1-3-5-7-9-11-13-15-17-19-21-23-25-27-29-31-33-35-37-38-39-41-43-45-47-49-51-53-55-57-59-61-63-65-67-69-71-78(81)87-76(75-86-88(82,83)85-73-72-79)74-84-77(80)70-68-66-64-62-60-58-56-54-52-50-48-46-44-42-40-36-34-32-30-28-26-24-22-20-18-16-14-12-10-8-6-4-2/h5,7,11,13,17,19,23,25,76H,3-4,6,8-10,12,14-16,18,20-22,24,26-75,79H2,1-2H3,(H,82,83)/b7-5-,13-11-,19-17-,25-23-. The van der Waals surface area contributed by atoms with Crippen molar-refractivity contribution in [1.29, 1.82) is 0 Å². The molecule has 0 aromatic rings. The molecule has 0 rings (SSSR count). The quantitative estimate of drug-likeness (QED) is 0.0264. The molecule has 3 N–H and O–H groups in total. The number of nitrogens with two attached hydrogens (primary N) is 1. The molecule has 2 unspecified atom stereocenters. The number of hydrogen-bond donors (Lipinski definition) is 2. The zero-order valence-corrected chi connectivity index (χ0v) is 59.4. The van der Waals surface area contributed by atoms with Crippen molar-refractivity contribution < 1.29 is 37.6 Å². The zero-order chi connectivity index (χ0) is 63.7. The van der Waals surface area contributed by atoms with Gasteiger partial charge in [0, 0.05) is 19.4 Å². The molecule has 0 heterocycles. The summed E-state index contributed by atoms with van der Waals surface area (Å²) >= 11 is 0. The first-order chi connectivity index (χ1) is 43.3. The van der Waals surface area contributed by atoms with Crippen LogP contribution in [0.2, 0.25) is 0 Å². The maximum Gasteiger partial charge on any atom is 0.472 e. The van der Waals surface area contributed by atoms with Gasteiger partial charge < -0.3 is 20.1 Å². The molecular formula is C78H148NO8P. The Morgan fingerprint density at radius 3 is 0.932 bits per heavy atom. The van der Waals surface area contributed by atoms with E-state index < -0.39 is 26.5 Å². The van der Waals surface area contributed by atoms with E-state index in [1.165, 1.54) is 315 Å². The summed E-state index contributed by atoms with van der Waals surface area (Å²) in [7, 11) is -4.39. The average molecular weight is 1260 g/mol. The van der Waals surface area contributed by atoms with E-state index in [4.69, 9.17) is 24.3 Å². The lowest BCUT2D eigenvalue weighted by atomic mass is 10.0. The third-order valence-electron chi connectivity index (χ3n) is 17.5. The Bertz CT molecular complexity index is 1580. The molecule has 10 heteroatoms. The molecule has 0 aromatic carbocycles. The molecule has 0 fully saturated rings. The van der Waals surface area contributed by atoms with Gasteiger partial charge in [-0.05, 0) is 51.4 Å². The van der Waals surface area contributed by atoms with Crippen molar-refractivity contribution in [2.24, 2.45) is 5.73 Å². The SMILES string of the molecule is CC/C=C\C/C=C\C/C=C\C/C=C\CCCCCCCCCCCCCCCCCCCCCCCCC(=O)OC(COC(=O)CCCCCCCCCCCCCCCCCCCCCCCCCCCCCCCCCC)COP(=O)(O)OCCN. The number of esters is 2. The van der Waals surface area contributed by atoms with Gasteiger partial charge in [-0.2, -0.15) is 0 Å². The summed E-state index contributed by atoms with van der Waals surface area (Å²) in [4.78, 5) is 35.4. The lowest BCUT2D eigenvalue weighted by molar-refractivity contribution is -0.161.